The molecule has 4 heteroatoms. The smallest absolute Gasteiger partial charge is 0.148 e. The number of rotatable bonds is 3. The summed E-state index contributed by atoms with van der Waals surface area (Å²) in [6, 6.07) is 12.4. The van der Waals surface area contributed by atoms with Crippen LogP contribution in [0.1, 0.15) is 25.2 Å². The Balaban J connectivity index is 0.000000704. The van der Waals surface area contributed by atoms with E-state index in [4.69, 9.17) is 0 Å². The molecule has 0 amide bonds. The minimum atomic E-state index is 0.782. The molecule has 0 radical (unpaired) electrons. The van der Waals surface area contributed by atoms with Gasteiger partial charge in [0.05, 0.1) is 10.2 Å². The highest BCUT2D eigenvalue weighted by atomic mass is 32.1. The van der Waals surface area contributed by atoms with Crippen molar-refractivity contribution in [1.29, 1.82) is 0 Å². The highest BCUT2D eigenvalue weighted by Crippen LogP contribution is 2.26. The van der Waals surface area contributed by atoms with Gasteiger partial charge in [-0.05, 0) is 23.9 Å². The Kier molecular flexibility index (Phi) is 5.07. The molecule has 0 aliphatic carbocycles. The van der Waals surface area contributed by atoms with Gasteiger partial charge in [0.1, 0.15) is 11.6 Å². The van der Waals surface area contributed by atoms with Gasteiger partial charge in [-0.1, -0.05) is 44.2 Å². The van der Waals surface area contributed by atoms with E-state index in [1.807, 2.05) is 50.4 Å². The van der Waals surface area contributed by atoms with Gasteiger partial charge in [0.2, 0.25) is 0 Å². The number of fused-ring (bicyclic) bond motifs is 1. The van der Waals surface area contributed by atoms with Crippen LogP contribution in [0.5, 0.6) is 0 Å². The van der Waals surface area contributed by atoms with Crippen molar-refractivity contribution in [3.05, 3.63) is 53.2 Å². The molecule has 0 unspecified atom stereocenters. The summed E-state index contributed by atoms with van der Waals surface area (Å²) in [6.07, 6.45) is 0. The van der Waals surface area contributed by atoms with Gasteiger partial charge in [0.25, 0.3) is 0 Å². The minimum Gasteiger partial charge on any atom is -0.365 e. The Morgan fingerprint density at radius 1 is 1.05 bits per heavy atom. The van der Waals surface area contributed by atoms with Crippen molar-refractivity contribution in [3.8, 4) is 0 Å². The van der Waals surface area contributed by atoms with Crippen LogP contribution in [0.2, 0.25) is 0 Å². The molecule has 2 aromatic heterocycles. The average Bonchev–Trinajstić information content (AvgIpc) is 2.96. The topological polar surface area (TPSA) is 37.8 Å². The summed E-state index contributed by atoms with van der Waals surface area (Å²) in [4.78, 5) is 8.89. The Morgan fingerprint density at radius 2 is 1.80 bits per heavy atom. The van der Waals surface area contributed by atoms with Gasteiger partial charge < -0.3 is 5.32 Å². The second-order valence-electron chi connectivity index (χ2n) is 4.09. The van der Waals surface area contributed by atoms with Crippen molar-refractivity contribution in [1.82, 2.24) is 9.97 Å². The number of nitrogens with one attached hydrogen (secondary N) is 1. The summed E-state index contributed by atoms with van der Waals surface area (Å²) in [5.41, 5.74) is 2.27. The van der Waals surface area contributed by atoms with Crippen LogP contribution in [-0.2, 0) is 6.54 Å². The minimum absolute atomic E-state index is 0.782. The SMILES string of the molecule is CC.Cc1nc(NCc2ccccc2)c2sccc2n1. The average molecular weight is 285 g/mol. The predicted molar refractivity (Wildman–Crippen MR) is 87.3 cm³/mol. The molecule has 0 saturated carbocycles. The zero-order valence-electron chi connectivity index (χ0n) is 12.1. The third-order valence-corrected chi connectivity index (χ3v) is 3.63. The second kappa shape index (κ2) is 7.01. The molecule has 1 aromatic carbocycles. The van der Waals surface area contributed by atoms with Crippen molar-refractivity contribution in [2.75, 3.05) is 5.32 Å². The number of anilines is 1. The van der Waals surface area contributed by atoms with Crippen molar-refractivity contribution in [3.63, 3.8) is 0 Å². The highest BCUT2D eigenvalue weighted by molar-refractivity contribution is 7.17. The lowest BCUT2D eigenvalue weighted by atomic mass is 10.2. The van der Waals surface area contributed by atoms with E-state index in [-0.39, 0.29) is 0 Å². The molecule has 0 saturated heterocycles. The Labute approximate surface area is 123 Å². The quantitative estimate of drug-likeness (QED) is 0.762. The van der Waals surface area contributed by atoms with Crippen molar-refractivity contribution >= 4 is 27.4 Å². The monoisotopic (exact) mass is 285 g/mol. The molecule has 0 fully saturated rings. The summed E-state index contributed by atoms with van der Waals surface area (Å²) in [6.45, 7) is 6.70. The van der Waals surface area contributed by atoms with E-state index in [9.17, 15) is 0 Å². The molecule has 20 heavy (non-hydrogen) atoms. The number of benzene rings is 1. The molecule has 0 bridgehead atoms. The van der Waals surface area contributed by atoms with E-state index in [1.54, 1.807) is 11.3 Å². The largest absolute Gasteiger partial charge is 0.365 e. The van der Waals surface area contributed by atoms with Gasteiger partial charge in [0, 0.05) is 6.54 Å². The molecular weight excluding hydrogens is 266 g/mol. The molecular formula is C16H19N3S. The number of nitrogens with zero attached hydrogens (tertiary/aromatic N) is 2. The molecule has 0 aliphatic rings. The van der Waals surface area contributed by atoms with Crippen LogP contribution in [0.25, 0.3) is 10.2 Å². The molecule has 2 heterocycles. The molecule has 0 aliphatic heterocycles. The zero-order chi connectivity index (χ0) is 14.4. The van der Waals surface area contributed by atoms with Crippen LogP contribution >= 0.6 is 11.3 Å². The van der Waals surface area contributed by atoms with Crippen LogP contribution in [0, 0.1) is 6.92 Å². The van der Waals surface area contributed by atoms with E-state index in [0.29, 0.717) is 0 Å². The van der Waals surface area contributed by atoms with Gasteiger partial charge in [-0.2, -0.15) is 0 Å². The van der Waals surface area contributed by atoms with Gasteiger partial charge in [-0.3, -0.25) is 0 Å². The first-order valence-electron chi connectivity index (χ1n) is 6.82. The Bertz CT molecular complexity index is 662. The maximum atomic E-state index is 4.48. The molecule has 104 valence electrons. The van der Waals surface area contributed by atoms with Gasteiger partial charge in [-0.25, -0.2) is 9.97 Å². The molecule has 3 aromatic rings. The number of aryl methyl sites for hydroxylation is 1. The van der Waals surface area contributed by atoms with E-state index in [0.717, 1.165) is 28.4 Å². The Hall–Kier alpha value is -1.94. The molecule has 0 spiro atoms. The number of aromatic nitrogens is 2. The Morgan fingerprint density at radius 3 is 2.55 bits per heavy atom. The summed E-state index contributed by atoms with van der Waals surface area (Å²) in [5, 5.41) is 5.44. The summed E-state index contributed by atoms with van der Waals surface area (Å²) in [5.74, 6) is 1.73. The zero-order valence-corrected chi connectivity index (χ0v) is 12.9. The van der Waals surface area contributed by atoms with Gasteiger partial charge >= 0.3 is 0 Å². The lowest BCUT2D eigenvalue weighted by Crippen LogP contribution is -2.03. The number of hydrogen-bond acceptors (Lipinski definition) is 4. The summed E-state index contributed by atoms with van der Waals surface area (Å²) >= 11 is 1.67. The lowest BCUT2D eigenvalue weighted by Gasteiger charge is -2.07. The fourth-order valence-electron chi connectivity index (χ4n) is 1.88. The van der Waals surface area contributed by atoms with Crippen LogP contribution in [0.15, 0.2) is 41.8 Å². The fraction of sp³-hybridized carbons (Fsp3) is 0.250. The number of thiophene rings is 1. The molecule has 3 nitrogen and oxygen atoms in total. The molecule has 1 N–H and O–H groups in total. The first-order valence-corrected chi connectivity index (χ1v) is 7.70. The van der Waals surface area contributed by atoms with Crippen molar-refractivity contribution in [2.45, 2.75) is 27.3 Å². The summed E-state index contributed by atoms with van der Waals surface area (Å²) in [7, 11) is 0. The van der Waals surface area contributed by atoms with Gasteiger partial charge in [-0.15, -0.1) is 11.3 Å². The van der Waals surface area contributed by atoms with Crippen molar-refractivity contribution in [2.24, 2.45) is 0 Å². The van der Waals surface area contributed by atoms with Crippen LogP contribution in [-0.4, -0.2) is 9.97 Å². The third-order valence-electron chi connectivity index (χ3n) is 2.72. The van der Waals surface area contributed by atoms with Crippen LogP contribution in [0.3, 0.4) is 0 Å². The van der Waals surface area contributed by atoms with E-state index in [2.05, 4.69) is 27.4 Å². The predicted octanol–water partition coefficient (Wildman–Crippen LogP) is 4.64. The van der Waals surface area contributed by atoms with Crippen LogP contribution in [0.4, 0.5) is 5.82 Å². The van der Waals surface area contributed by atoms with E-state index in [1.165, 1.54) is 5.56 Å². The van der Waals surface area contributed by atoms with Crippen molar-refractivity contribution < 1.29 is 0 Å². The fourth-order valence-corrected chi connectivity index (χ4v) is 2.68. The first-order chi connectivity index (χ1) is 9.83. The van der Waals surface area contributed by atoms with Gasteiger partial charge in [0.15, 0.2) is 0 Å². The standard InChI is InChI=1S/C14H13N3S.C2H6/c1-10-16-12-7-8-18-13(12)14(17-10)15-9-11-5-3-2-4-6-11;1-2/h2-8H,9H2,1H3,(H,15,16,17);1-2H3. The molecule has 3 rings (SSSR count). The molecule has 0 atom stereocenters. The first kappa shape index (κ1) is 14.5. The van der Waals surface area contributed by atoms with Crippen LogP contribution < -0.4 is 5.32 Å². The second-order valence-corrected chi connectivity index (χ2v) is 5.01. The van der Waals surface area contributed by atoms with E-state index < -0.39 is 0 Å². The summed E-state index contributed by atoms with van der Waals surface area (Å²) < 4.78 is 1.12. The highest BCUT2D eigenvalue weighted by Gasteiger charge is 2.06. The maximum absolute atomic E-state index is 4.48. The third kappa shape index (κ3) is 3.33. The lowest BCUT2D eigenvalue weighted by molar-refractivity contribution is 1.05. The maximum Gasteiger partial charge on any atom is 0.148 e. The number of hydrogen-bond donors (Lipinski definition) is 1. The van der Waals surface area contributed by atoms with E-state index >= 15 is 0 Å². The normalized spacial score (nSPS) is 9.95.